The van der Waals surface area contributed by atoms with Gasteiger partial charge in [0.05, 0.1) is 23.9 Å². The average molecular weight is 480 g/mol. The smallest absolute Gasteiger partial charge is 0.336 e. The second-order valence-electron chi connectivity index (χ2n) is 7.13. The van der Waals surface area contributed by atoms with Gasteiger partial charge in [0.2, 0.25) is 10.0 Å². The van der Waals surface area contributed by atoms with Gasteiger partial charge < -0.3 is 21.3 Å². The summed E-state index contributed by atoms with van der Waals surface area (Å²) >= 11 is 0. The molecule has 3 aromatic rings. The number of primary amides is 1. The monoisotopic (exact) mass is 479 g/mol. The third-order valence-corrected chi connectivity index (χ3v) is 6.00. The number of hydrogen-bond acceptors (Lipinski definition) is 6. The van der Waals surface area contributed by atoms with Gasteiger partial charge in [-0.3, -0.25) is 4.79 Å². The molecular formula is C24H21N3O6S. The van der Waals surface area contributed by atoms with Crippen molar-refractivity contribution >= 4 is 27.6 Å². The molecule has 10 heteroatoms. The fraction of sp³-hybridized carbons (Fsp3) is 0.0833. The molecule has 174 valence electrons. The van der Waals surface area contributed by atoms with Gasteiger partial charge in [-0.1, -0.05) is 48.2 Å². The fourth-order valence-corrected chi connectivity index (χ4v) is 4.45. The average Bonchev–Trinajstić information content (AvgIpc) is 2.79. The Kier molecular flexibility index (Phi) is 6.91. The zero-order valence-electron chi connectivity index (χ0n) is 18.0. The van der Waals surface area contributed by atoms with E-state index in [0.29, 0.717) is 22.4 Å². The first kappa shape index (κ1) is 24.3. The molecule has 3 rings (SSSR count). The molecule has 0 unspecified atom stereocenters. The maximum Gasteiger partial charge on any atom is 0.336 e. The lowest BCUT2D eigenvalue weighted by molar-refractivity contribution is 0.0695. The van der Waals surface area contributed by atoms with E-state index in [1.54, 1.807) is 36.4 Å². The molecule has 9 nitrogen and oxygen atoms in total. The van der Waals surface area contributed by atoms with E-state index >= 15 is 0 Å². The van der Waals surface area contributed by atoms with E-state index in [1.807, 2.05) is 0 Å². The highest BCUT2D eigenvalue weighted by atomic mass is 32.2. The highest BCUT2D eigenvalue weighted by Crippen LogP contribution is 2.35. The number of sulfonamides is 1. The summed E-state index contributed by atoms with van der Waals surface area (Å²) in [5.74, 6) is 3.51. The van der Waals surface area contributed by atoms with E-state index in [0.717, 1.165) is 0 Å². The number of aromatic carboxylic acids is 1. The summed E-state index contributed by atoms with van der Waals surface area (Å²) in [6, 6.07) is 14.6. The zero-order valence-corrected chi connectivity index (χ0v) is 18.8. The number of carbonyl (C=O) groups is 2. The number of nitrogen functional groups attached to an aromatic ring is 1. The molecule has 0 aliphatic rings. The summed E-state index contributed by atoms with van der Waals surface area (Å²) in [4.78, 5) is 23.2. The van der Waals surface area contributed by atoms with E-state index in [2.05, 4.69) is 11.8 Å². The molecule has 0 atom stereocenters. The largest absolute Gasteiger partial charge is 0.496 e. The maximum atomic E-state index is 12.4. The molecule has 0 aromatic heterocycles. The van der Waals surface area contributed by atoms with Crippen LogP contribution < -0.4 is 21.3 Å². The number of carboxylic acid groups (broad SMARTS) is 1. The van der Waals surface area contributed by atoms with Gasteiger partial charge >= 0.3 is 5.97 Å². The minimum Gasteiger partial charge on any atom is -0.496 e. The van der Waals surface area contributed by atoms with Crippen LogP contribution in [0.25, 0.3) is 11.1 Å². The summed E-state index contributed by atoms with van der Waals surface area (Å²) in [7, 11) is -3.07. The van der Waals surface area contributed by atoms with Gasteiger partial charge in [0, 0.05) is 23.1 Å². The highest BCUT2D eigenvalue weighted by Gasteiger charge is 2.27. The molecule has 0 saturated heterocycles. The topological polar surface area (TPSA) is 176 Å². The van der Waals surface area contributed by atoms with Crippen molar-refractivity contribution in [3.05, 3.63) is 76.9 Å². The molecule has 0 spiro atoms. The molecule has 0 bridgehead atoms. The number of carboxylic acids is 1. The summed E-state index contributed by atoms with van der Waals surface area (Å²) in [6.07, 6.45) is -0.0906. The Morgan fingerprint density at radius 2 is 1.76 bits per heavy atom. The molecule has 0 fully saturated rings. The van der Waals surface area contributed by atoms with Gasteiger partial charge in [-0.25, -0.2) is 18.4 Å². The van der Waals surface area contributed by atoms with E-state index in [4.69, 9.17) is 21.3 Å². The van der Waals surface area contributed by atoms with Crippen LogP contribution in [0.3, 0.4) is 0 Å². The Bertz CT molecular complexity index is 1460. The number of benzene rings is 3. The van der Waals surface area contributed by atoms with Gasteiger partial charge in [-0.05, 0) is 23.8 Å². The Morgan fingerprint density at radius 3 is 2.32 bits per heavy atom. The molecule has 0 radical (unpaired) electrons. The molecule has 0 saturated carbocycles. The van der Waals surface area contributed by atoms with Gasteiger partial charge in [-0.15, -0.1) is 0 Å². The lowest BCUT2D eigenvalue weighted by Gasteiger charge is -2.15. The van der Waals surface area contributed by atoms with Crippen molar-refractivity contribution in [2.45, 2.75) is 11.3 Å². The molecular weight excluding hydrogens is 458 g/mol. The standard InChI is InChI=1S/C24H21N3O6S/c1-33-19-12-6-11-17(24(29)30)16(19)10-5-9-15-13-18(14-7-3-2-4-8-14)21(25)20(23(26)28)22(15)34(27,31)32/h2-4,6-8,11-13H,10,25H2,1H3,(H2,26,28)(H,29,30)(H2,27,31,32). The van der Waals surface area contributed by atoms with Crippen LogP contribution >= 0.6 is 0 Å². The van der Waals surface area contributed by atoms with E-state index in [9.17, 15) is 23.1 Å². The minimum atomic E-state index is -4.46. The lowest BCUT2D eigenvalue weighted by atomic mass is 9.96. The van der Waals surface area contributed by atoms with E-state index < -0.39 is 32.4 Å². The number of methoxy groups -OCH3 is 1. The van der Waals surface area contributed by atoms with Gasteiger partial charge in [0.1, 0.15) is 10.6 Å². The predicted octanol–water partition coefficient (Wildman–Crippen LogP) is 1.98. The highest BCUT2D eigenvalue weighted by molar-refractivity contribution is 7.89. The molecule has 1 amide bonds. The second kappa shape index (κ2) is 9.66. The normalized spacial score (nSPS) is 10.8. The number of primary sulfonamides is 1. The minimum absolute atomic E-state index is 0.0135. The first-order valence-corrected chi connectivity index (χ1v) is 11.3. The Morgan fingerprint density at radius 1 is 1.09 bits per heavy atom. The maximum absolute atomic E-state index is 12.4. The summed E-state index contributed by atoms with van der Waals surface area (Å²) in [6.45, 7) is 0. The van der Waals surface area contributed by atoms with Crippen LogP contribution in [0.15, 0.2) is 59.5 Å². The predicted molar refractivity (Wildman–Crippen MR) is 127 cm³/mol. The van der Waals surface area contributed by atoms with Crippen LogP contribution in [0.4, 0.5) is 5.69 Å². The molecule has 0 aliphatic carbocycles. The van der Waals surface area contributed by atoms with Gasteiger partial charge in [0.25, 0.3) is 5.91 Å². The van der Waals surface area contributed by atoms with Crippen molar-refractivity contribution in [3.8, 4) is 28.7 Å². The van der Waals surface area contributed by atoms with Crippen LogP contribution in [0.1, 0.15) is 31.8 Å². The summed E-state index contributed by atoms with van der Waals surface area (Å²) in [5, 5.41) is 14.9. The number of anilines is 1. The van der Waals surface area contributed by atoms with E-state index in [-0.39, 0.29) is 23.2 Å². The molecule has 34 heavy (non-hydrogen) atoms. The number of hydrogen-bond donors (Lipinski definition) is 4. The number of rotatable bonds is 6. The molecule has 0 aliphatic heterocycles. The fourth-order valence-electron chi connectivity index (χ4n) is 3.54. The quantitative estimate of drug-likeness (QED) is 0.308. The summed E-state index contributed by atoms with van der Waals surface area (Å²) < 4.78 is 30.0. The van der Waals surface area contributed by atoms with Crippen LogP contribution in [0, 0.1) is 11.8 Å². The Labute approximate surface area is 196 Å². The van der Waals surface area contributed by atoms with Crippen molar-refractivity contribution in [3.63, 3.8) is 0 Å². The first-order valence-electron chi connectivity index (χ1n) is 9.78. The van der Waals surface area contributed by atoms with Crippen molar-refractivity contribution in [2.24, 2.45) is 10.9 Å². The Hall–Kier alpha value is -4.33. The third-order valence-electron chi connectivity index (χ3n) is 5.01. The van der Waals surface area contributed by atoms with Crippen molar-refractivity contribution in [2.75, 3.05) is 12.8 Å². The SMILES string of the molecule is COc1cccc(C(=O)O)c1CC#Cc1cc(-c2ccccc2)c(N)c(C(N)=O)c1S(N)(=O)=O. The van der Waals surface area contributed by atoms with Gasteiger partial charge in [-0.2, -0.15) is 0 Å². The van der Waals surface area contributed by atoms with Crippen molar-refractivity contribution in [1.82, 2.24) is 0 Å². The van der Waals surface area contributed by atoms with Crippen LogP contribution in [-0.2, 0) is 16.4 Å². The van der Waals surface area contributed by atoms with Crippen LogP contribution in [0.2, 0.25) is 0 Å². The number of nitrogens with two attached hydrogens (primary N) is 3. The second-order valence-corrected chi connectivity index (χ2v) is 8.63. The van der Waals surface area contributed by atoms with Gasteiger partial charge in [0.15, 0.2) is 0 Å². The third kappa shape index (κ3) is 4.85. The molecule has 0 heterocycles. The lowest BCUT2D eigenvalue weighted by Crippen LogP contribution is -2.24. The zero-order chi connectivity index (χ0) is 25.0. The number of ether oxygens (including phenoxy) is 1. The molecule has 3 aromatic carbocycles. The van der Waals surface area contributed by atoms with Crippen LogP contribution in [-0.4, -0.2) is 32.5 Å². The van der Waals surface area contributed by atoms with E-state index in [1.165, 1.54) is 25.3 Å². The van der Waals surface area contributed by atoms with Crippen molar-refractivity contribution < 1.29 is 27.9 Å². The number of carbonyl (C=O) groups excluding carboxylic acids is 1. The Balaban J connectivity index is 2.26. The molecule has 7 N–H and O–H groups in total. The van der Waals surface area contributed by atoms with Crippen molar-refractivity contribution in [1.29, 1.82) is 0 Å². The van der Waals surface area contributed by atoms with Crippen LogP contribution in [0.5, 0.6) is 5.75 Å². The first-order chi connectivity index (χ1) is 16.1. The number of amides is 1. The summed E-state index contributed by atoms with van der Waals surface area (Å²) in [5.41, 5.74) is 12.1.